The molecule has 0 N–H and O–H groups in total. The highest BCUT2D eigenvalue weighted by Gasteiger charge is 2.16. The van der Waals surface area contributed by atoms with E-state index >= 15 is 0 Å². The van der Waals surface area contributed by atoms with Crippen molar-refractivity contribution in [2.75, 3.05) is 0 Å². The first kappa shape index (κ1) is 11.8. The first-order chi connectivity index (χ1) is 6.95. The van der Waals surface area contributed by atoms with Crippen LogP contribution in [0.15, 0.2) is 36.9 Å². The maximum Gasteiger partial charge on any atom is 0.119 e. The summed E-state index contributed by atoms with van der Waals surface area (Å²) in [6, 6.07) is 8.21. The van der Waals surface area contributed by atoms with E-state index in [1.54, 1.807) is 0 Å². The SMILES string of the molecule is C=CC(C)(C)c1cccc(OC(C)C)c1. The second-order valence-corrected chi connectivity index (χ2v) is 4.62. The van der Waals surface area contributed by atoms with Gasteiger partial charge in [0.1, 0.15) is 5.75 Å². The molecule has 0 spiro atoms. The van der Waals surface area contributed by atoms with E-state index in [0.717, 1.165) is 5.75 Å². The summed E-state index contributed by atoms with van der Waals surface area (Å²) in [7, 11) is 0. The molecule has 1 rings (SSSR count). The largest absolute Gasteiger partial charge is 0.491 e. The third-order valence-corrected chi connectivity index (χ3v) is 2.46. The van der Waals surface area contributed by atoms with Crippen LogP contribution in [0.5, 0.6) is 5.75 Å². The highest BCUT2D eigenvalue weighted by atomic mass is 16.5. The molecule has 0 unspecified atom stereocenters. The highest BCUT2D eigenvalue weighted by Crippen LogP contribution is 2.27. The topological polar surface area (TPSA) is 9.23 Å². The Labute approximate surface area is 92.8 Å². The summed E-state index contributed by atoms with van der Waals surface area (Å²) in [6.45, 7) is 12.2. The van der Waals surface area contributed by atoms with Crippen molar-refractivity contribution >= 4 is 0 Å². The third-order valence-electron chi connectivity index (χ3n) is 2.46. The van der Waals surface area contributed by atoms with E-state index in [4.69, 9.17) is 4.74 Å². The molecule has 0 saturated carbocycles. The van der Waals surface area contributed by atoms with Crippen LogP contribution >= 0.6 is 0 Å². The quantitative estimate of drug-likeness (QED) is 0.675. The van der Waals surface area contributed by atoms with Crippen LogP contribution in [0, 0.1) is 0 Å². The van der Waals surface area contributed by atoms with E-state index < -0.39 is 0 Å². The normalized spacial score (nSPS) is 11.5. The van der Waals surface area contributed by atoms with Crippen molar-refractivity contribution in [3.05, 3.63) is 42.5 Å². The van der Waals surface area contributed by atoms with Crippen molar-refractivity contribution in [2.24, 2.45) is 0 Å². The number of hydrogen-bond acceptors (Lipinski definition) is 1. The molecular weight excluding hydrogens is 184 g/mol. The van der Waals surface area contributed by atoms with Crippen LogP contribution in [0.2, 0.25) is 0 Å². The number of hydrogen-bond donors (Lipinski definition) is 0. The van der Waals surface area contributed by atoms with E-state index in [0.29, 0.717) is 0 Å². The molecule has 0 aliphatic carbocycles. The van der Waals surface area contributed by atoms with Gasteiger partial charge in [-0.15, -0.1) is 6.58 Å². The van der Waals surface area contributed by atoms with Crippen LogP contribution in [0.3, 0.4) is 0 Å². The van der Waals surface area contributed by atoms with E-state index in [9.17, 15) is 0 Å². The predicted molar refractivity (Wildman–Crippen MR) is 65.4 cm³/mol. The van der Waals surface area contributed by atoms with Crippen molar-refractivity contribution < 1.29 is 4.74 Å². The molecule has 1 aromatic rings. The van der Waals surface area contributed by atoms with Gasteiger partial charge in [0.15, 0.2) is 0 Å². The minimum absolute atomic E-state index is 0.00362. The summed E-state index contributed by atoms with van der Waals surface area (Å²) in [5, 5.41) is 0. The molecule has 0 atom stereocenters. The average molecular weight is 204 g/mol. The average Bonchev–Trinajstić information content (AvgIpc) is 2.17. The van der Waals surface area contributed by atoms with Gasteiger partial charge in [-0.2, -0.15) is 0 Å². The molecular formula is C14H20O. The Bertz CT molecular complexity index is 337. The van der Waals surface area contributed by atoms with Gasteiger partial charge < -0.3 is 4.74 Å². The Morgan fingerprint density at radius 3 is 2.53 bits per heavy atom. The maximum atomic E-state index is 5.66. The van der Waals surface area contributed by atoms with Gasteiger partial charge in [-0.25, -0.2) is 0 Å². The lowest BCUT2D eigenvalue weighted by molar-refractivity contribution is 0.242. The smallest absolute Gasteiger partial charge is 0.119 e. The molecule has 82 valence electrons. The molecule has 0 aliphatic heterocycles. The molecule has 1 heteroatoms. The van der Waals surface area contributed by atoms with Gasteiger partial charge in [0.25, 0.3) is 0 Å². The summed E-state index contributed by atoms with van der Waals surface area (Å²) in [4.78, 5) is 0. The lowest BCUT2D eigenvalue weighted by Gasteiger charge is -2.21. The fourth-order valence-corrected chi connectivity index (χ4v) is 1.36. The van der Waals surface area contributed by atoms with Crippen molar-refractivity contribution in [1.82, 2.24) is 0 Å². The number of rotatable bonds is 4. The highest BCUT2D eigenvalue weighted by molar-refractivity contribution is 5.35. The van der Waals surface area contributed by atoms with Crippen molar-refractivity contribution in [1.29, 1.82) is 0 Å². The Morgan fingerprint density at radius 1 is 1.33 bits per heavy atom. The molecule has 0 radical (unpaired) electrons. The summed E-state index contributed by atoms with van der Waals surface area (Å²) in [5.74, 6) is 0.928. The zero-order valence-corrected chi connectivity index (χ0v) is 10.1. The van der Waals surface area contributed by atoms with Crippen molar-refractivity contribution in [3.63, 3.8) is 0 Å². The van der Waals surface area contributed by atoms with E-state index in [-0.39, 0.29) is 11.5 Å². The minimum Gasteiger partial charge on any atom is -0.491 e. The fraction of sp³-hybridized carbons (Fsp3) is 0.429. The molecule has 0 aromatic heterocycles. The molecule has 15 heavy (non-hydrogen) atoms. The number of ether oxygens (including phenoxy) is 1. The Balaban J connectivity index is 2.97. The molecule has 1 nitrogen and oxygen atoms in total. The van der Waals surface area contributed by atoms with E-state index in [2.05, 4.69) is 32.6 Å². The first-order valence-electron chi connectivity index (χ1n) is 5.36. The monoisotopic (exact) mass is 204 g/mol. The zero-order chi connectivity index (χ0) is 11.5. The van der Waals surface area contributed by atoms with Crippen LogP contribution in [-0.4, -0.2) is 6.10 Å². The van der Waals surface area contributed by atoms with Crippen LogP contribution in [0.25, 0.3) is 0 Å². The van der Waals surface area contributed by atoms with E-state index in [1.807, 2.05) is 32.1 Å². The van der Waals surface area contributed by atoms with Gasteiger partial charge >= 0.3 is 0 Å². The van der Waals surface area contributed by atoms with Crippen molar-refractivity contribution in [2.45, 2.75) is 39.2 Å². The van der Waals surface area contributed by atoms with E-state index in [1.165, 1.54) is 5.56 Å². The van der Waals surface area contributed by atoms with Gasteiger partial charge in [0, 0.05) is 5.41 Å². The molecule has 0 saturated heterocycles. The van der Waals surface area contributed by atoms with Crippen LogP contribution in [0.4, 0.5) is 0 Å². The zero-order valence-electron chi connectivity index (χ0n) is 10.1. The molecule has 0 aliphatic rings. The van der Waals surface area contributed by atoms with Crippen LogP contribution < -0.4 is 4.74 Å². The first-order valence-corrected chi connectivity index (χ1v) is 5.36. The summed E-state index contributed by atoms with van der Waals surface area (Å²) in [5.41, 5.74) is 1.23. The van der Waals surface area contributed by atoms with Crippen LogP contribution in [-0.2, 0) is 5.41 Å². The predicted octanol–water partition coefficient (Wildman–Crippen LogP) is 3.94. The third kappa shape index (κ3) is 3.12. The van der Waals surface area contributed by atoms with Gasteiger partial charge in [0.2, 0.25) is 0 Å². The molecule has 0 bridgehead atoms. The maximum absolute atomic E-state index is 5.66. The molecule has 0 fully saturated rings. The number of allylic oxidation sites excluding steroid dienone is 1. The second kappa shape index (κ2) is 4.52. The van der Waals surface area contributed by atoms with Gasteiger partial charge in [-0.05, 0) is 31.5 Å². The Morgan fingerprint density at radius 2 is 2.00 bits per heavy atom. The van der Waals surface area contributed by atoms with Gasteiger partial charge in [-0.3, -0.25) is 0 Å². The standard InChI is InChI=1S/C14H20O/c1-6-14(4,5)12-8-7-9-13(10-12)15-11(2)3/h6-11H,1H2,2-5H3. The number of benzene rings is 1. The minimum atomic E-state index is -0.00362. The molecule has 0 amide bonds. The summed E-state index contributed by atoms with van der Waals surface area (Å²) < 4.78 is 5.66. The lowest BCUT2D eigenvalue weighted by atomic mass is 9.85. The fourth-order valence-electron chi connectivity index (χ4n) is 1.36. The summed E-state index contributed by atoms with van der Waals surface area (Å²) >= 11 is 0. The Hall–Kier alpha value is -1.24. The molecule has 1 aromatic carbocycles. The summed E-state index contributed by atoms with van der Waals surface area (Å²) in [6.07, 6.45) is 2.17. The van der Waals surface area contributed by atoms with Gasteiger partial charge in [-0.1, -0.05) is 32.1 Å². The van der Waals surface area contributed by atoms with Gasteiger partial charge in [0.05, 0.1) is 6.10 Å². The van der Waals surface area contributed by atoms with Crippen molar-refractivity contribution in [3.8, 4) is 5.75 Å². The lowest BCUT2D eigenvalue weighted by Crippen LogP contribution is -2.13. The van der Waals surface area contributed by atoms with Crippen LogP contribution in [0.1, 0.15) is 33.3 Å². The molecule has 0 heterocycles. The Kier molecular flexibility index (Phi) is 3.57. The second-order valence-electron chi connectivity index (χ2n) is 4.62.